The highest BCUT2D eigenvalue weighted by Crippen LogP contribution is 2.32. The van der Waals surface area contributed by atoms with Gasteiger partial charge in [0.1, 0.15) is 0 Å². The number of aliphatic carboxylic acids is 1. The van der Waals surface area contributed by atoms with Gasteiger partial charge in [-0.2, -0.15) is 0 Å². The SMILES string of the molecule is NC(=O)CCC(C(=O)O)N1Oc2cccnc2O1. The zero-order valence-electron chi connectivity index (χ0n) is 9.28. The fourth-order valence-corrected chi connectivity index (χ4v) is 1.44. The van der Waals surface area contributed by atoms with Gasteiger partial charge in [0.2, 0.25) is 11.7 Å². The molecule has 1 aromatic heterocycles. The molecule has 18 heavy (non-hydrogen) atoms. The number of nitrogens with zero attached hydrogens (tertiary/aromatic N) is 2. The highest BCUT2D eigenvalue weighted by molar-refractivity contribution is 5.77. The van der Waals surface area contributed by atoms with E-state index in [1.165, 1.54) is 6.20 Å². The van der Waals surface area contributed by atoms with E-state index in [2.05, 4.69) is 4.98 Å². The van der Waals surface area contributed by atoms with Crippen LogP contribution in [-0.2, 0) is 9.59 Å². The van der Waals surface area contributed by atoms with Crippen molar-refractivity contribution in [1.29, 1.82) is 0 Å². The Labute approximate surface area is 102 Å². The number of carbonyl (C=O) groups is 2. The first-order valence-corrected chi connectivity index (χ1v) is 5.19. The van der Waals surface area contributed by atoms with E-state index >= 15 is 0 Å². The van der Waals surface area contributed by atoms with Crippen LogP contribution in [0.5, 0.6) is 11.6 Å². The molecule has 1 aliphatic heterocycles. The van der Waals surface area contributed by atoms with Gasteiger partial charge in [-0.1, -0.05) is 0 Å². The molecule has 2 heterocycles. The van der Waals surface area contributed by atoms with Crippen molar-refractivity contribution in [2.75, 3.05) is 0 Å². The van der Waals surface area contributed by atoms with Crippen LogP contribution >= 0.6 is 0 Å². The number of aromatic nitrogens is 1. The molecule has 1 aromatic rings. The Balaban J connectivity index is 2.06. The molecule has 0 radical (unpaired) electrons. The summed E-state index contributed by atoms with van der Waals surface area (Å²) in [7, 11) is 0. The second-order valence-electron chi connectivity index (χ2n) is 3.63. The fraction of sp³-hybridized carbons (Fsp3) is 0.300. The smallest absolute Gasteiger partial charge is 0.328 e. The number of rotatable bonds is 5. The predicted octanol–water partition coefficient (Wildman–Crippen LogP) is -0.297. The summed E-state index contributed by atoms with van der Waals surface area (Å²) in [5.74, 6) is -1.26. The minimum atomic E-state index is -1.18. The lowest BCUT2D eigenvalue weighted by Crippen LogP contribution is -2.43. The largest absolute Gasteiger partial charge is 0.480 e. The van der Waals surface area contributed by atoms with Crippen LogP contribution in [0.25, 0.3) is 0 Å². The minimum absolute atomic E-state index is 0.0152. The fourth-order valence-electron chi connectivity index (χ4n) is 1.44. The molecule has 8 nitrogen and oxygen atoms in total. The summed E-state index contributed by atoms with van der Waals surface area (Å²) in [5.41, 5.74) is 4.98. The Kier molecular flexibility index (Phi) is 3.28. The van der Waals surface area contributed by atoms with Gasteiger partial charge in [0.15, 0.2) is 6.04 Å². The monoisotopic (exact) mass is 253 g/mol. The van der Waals surface area contributed by atoms with Gasteiger partial charge >= 0.3 is 5.97 Å². The molecule has 8 heteroatoms. The van der Waals surface area contributed by atoms with Crippen LogP contribution in [0.4, 0.5) is 0 Å². The number of carbonyl (C=O) groups excluding carboxylic acids is 1. The number of hydroxylamine groups is 2. The molecule has 0 aromatic carbocycles. The highest BCUT2D eigenvalue weighted by Gasteiger charge is 2.36. The summed E-state index contributed by atoms with van der Waals surface area (Å²) in [5, 5.41) is 9.86. The van der Waals surface area contributed by atoms with Crippen molar-refractivity contribution in [2.45, 2.75) is 18.9 Å². The molecule has 0 spiro atoms. The molecule has 0 aliphatic carbocycles. The summed E-state index contributed by atoms with van der Waals surface area (Å²) >= 11 is 0. The second-order valence-corrected chi connectivity index (χ2v) is 3.63. The van der Waals surface area contributed by atoms with Crippen LogP contribution in [0.15, 0.2) is 18.3 Å². The van der Waals surface area contributed by atoms with Gasteiger partial charge in [0, 0.05) is 17.8 Å². The Morgan fingerprint density at radius 3 is 2.89 bits per heavy atom. The van der Waals surface area contributed by atoms with Crippen LogP contribution in [0.2, 0.25) is 0 Å². The number of amides is 1. The van der Waals surface area contributed by atoms with E-state index in [9.17, 15) is 9.59 Å². The molecular weight excluding hydrogens is 242 g/mol. The highest BCUT2D eigenvalue weighted by atomic mass is 17.0. The van der Waals surface area contributed by atoms with Gasteiger partial charge in [-0.25, -0.2) is 4.98 Å². The van der Waals surface area contributed by atoms with Crippen LogP contribution in [0.1, 0.15) is 12.8 Å². The Hall–Kier alpha value is -2.35. The van der Waals surface area contributed by atoms with Crippen molar-refractivity contribution < 1.29 is 24.4 Å². The van der Waals surface area contributed by atoms with Gasteiger partial charge in [0.25, 0.3) is 5.88 Å². The van der Waals surface area contributed by atoms with Crippen LogP contribution in [0, 0.1) is 0 Å². The van der Waals surface area contributed by atoms with Crippen molar-refractivity contribution in [1.82, 2.24) is 10.2 Å². The zero-order valence-corrected chi connectivity index (χ0v) is 9.28. The normalized spacial score (nSPS) is 15.3. The summed E-state index contributed by atoms with van der Waals surface area (Å²) in [6.45, 7) is 0. The number of hydrogen-bond donors (Lipinski definition) is 2. The molecular formula is C10H11N3O5. The third-order valence-corrected chi connectivity index (χ3v) is 2.30. The van der Waals surface area contributed by atoms with E-state index in [0.29, 0.717) is 5.75 Å². The van der Waals surface area contributed by atoms with Crippen molar-refractivity contribution in [3.05, 3.63) is 18.3 Å². The number of carboxylic acids is 1. The van der Waals surface area contributed by atoms with Crippen molar-refractivity contribution >= 4 is 11.9 Å². The van der Waals surface area contributed by atoms with Crippen LogP contribution in [0.3, 0.4) is 0 Å². The predicted molar refractivity (Wildman–Crippen MR) is 57.2 cm³/mol. The first-order chi connectivity index (χ1) is 8.58. The summed E-state index contributed by atoms with van der Waals surface area (Å²) in [6.07, 6.45) is 1.40. The minimum Gasteiger partial charge on any atom is -0.480 e. The van der Waals surface area contributed by atoms with Crippen LogP contribution in [-0.4, -0.2) is 33.2 Å². The van der Waals surface area contributed by atoms with E-state index in [1.54, 1.807) is 12.1 Å². The lowest BCUT2D eigenvalue weighted by molar-refractivity contribution is -0.256. The molecule has 0 bridgehead atoms. The molecule has 1 unspecified atom stereocenters. The van der Waals surface area contributed by atoms with Gasteiger partial charge in [-0.3, -0.25) is 9.59 Å². The molecule has 96 valence electrons. The quantitative estimate of drug-likeness (QED) is 0.740. The first kappa shape index (κ1) is 12.1. The van der Waals surface area contributed by atoms with Gasteiger partial charge in [-0.05, 0) is 18.6 Å². The number of fused-ring (bicyclic) bond motifs is 1. The van der Waals surface area contributed by atoms with E-state index in [-0.39, 0.29) is 18.7 Å². The maximum atomic E-state index is 11.1. The zero-order chi connectivity index (χ0) is 13.1. The Morgan fingerprint density at radius 2 is 2.28 bits per heavy atom. The molecule has 1 atom stereocenters. The summed E-state index contributed by atoms with van der Waals surface area (Å²) < 4.78 is 0. The molecule has 1 aliphatic rings. The second kappa shape index (κ2) is 4.88. The van der Waals surface area contributed by atoms with Crippen LogP contribution < -0.4 is 15.4 Å². The maximum absolute atomic E-state index is 11.1. The molecule has 0 fully saturated rings. The lowest BCUT2D eigenvalue weighted by atomic mass is 10.1. The summed E-state index contributed by atoms with van der Waals surface area (Å²) in [4.78, 5) is 35.9. The lowest BCUT2D eigenvalue weighted by Gasteiger charge is -2.19. The number of carboxylic acid groups (broad SMARTS) is 1. The first-order valence-electron chi connectivity index (χ1n) is 5.19. The van der Waals surface area contributed by atoms with E-state index in [0.717, 1.165) is 5.23 Å². The number of nitrogens with two attached hydrogens (primary N) is 1. The van der Waals surface area contributed by atoms with Crippen molar-refractivity contribution in [3.8, 4) is 11.6 Å². The van der Waals surface area contributed by atoms with Gasteiger partial charge < -0.3 is 20.5 Å². The number of pyridine rings is 1. The molecule has 3 N–H and O–H groups in total. The standard InChI is InChI=1S/C10H11N3O5/c11-8(14)4-3-6(10(15)16)13-17-7-2-1-5-12-9(7)18-13/h1-2,5-6H,3-4H2,(H2,11,14)(H,15,16). The Bertz CT molecular complexity index is 453. The van der Waals surface area contributed by atoms with E-state index in [4.69, 9.17) is 20.5 Å². The van der Waals surface area contributed by atoms with Crippen molar-refractivity contribution in [2.24, 2.45) is 5.73 Å². The average molecular weight is 253 g/mol. The molecule has 0 saturated heterocycles. The summed E-state index contributed by atoms with van der Waals surface area (Å²) in [6, 6.07) is 2.09. The molecule has 1 amide bonds. The third kappa shape index (κ3) is 2.48. The number of primary amides is 1. The van der Waals surface area contributed by atoms with E-state index in [1.807, 2.05) is 0 Å². The average Bonchev–Trinajstić information content (AvgIpc) is 2.71. The number of hydrogen-bond acceptors (Lipinski definition) is 6. The third-order valence-electron chi connectivity index (χ3n) is 2.30. The van der Waals surface area contributed by atoms with E-state index < -0.39 is 17.9 Å². The topological polar surface area (TPSA) is 115 Å². The molecule has 0 saturated carbocycles. The van der Waals surface area contributed by atoms with Gasteiger partial charge in [-0.15, -0.1) is 0 Å². The molecule has 2 rings (SSSR count). The Morgan fingerprint density at radius 1 is 1.50 bits per heavy atom. The maximum Gasteiger partial charge on any atom is 0.328 e. The van der Waals surface area contributed by atoms with Gasteiger partial charge in [0.05, 0.1) is 0 Å². The van der Waals surface area contributed by atoms with Crippen molar-refractivity contribution in [3.63, 3.8) is 0 Å².